The van der Waals surface area contributed by atoms with Gasteiger partial charge in [-0.15, -0.1) is 0 Å². The average molecular weight is 225 g/mol. The predicted molar refractivity (Wildman–Crippen MR) is 65.1 cm³/mol. The van der Waals surface area contributed by atoms with E-state index in [9.17, 15) is 0 Å². The first-order chi connectivity index (χ1) is 7.45. The summed E-state index contributed by atoms with van der Waals surface area (Å²) in [5.41, 5.74) is 0. The molecule has 0 bridgehead atoms. The SMILES string of the molecule is c1cnn(CCCNCC2CCSC2)c1. The molecule has 0 radical (unpaired) electrons. The minimum absolute atomic E-state index is 0.916. The van der Waals surface area contributed by atoms with Crippen molar-refractivity contribution in [2.24, 2.45) is 5.92 Å². The molecule has 1 aromatic rings. The molecular weight excluding hydrogens is 206 g/mol. The van der Waals surface area contributed by atoms with Crippen molar-refractivity contribution in [1.82, 2.24) is 15.1 Å². The van der Waals surface area contributed by atoms with E-state index in [0.29, 0.717) is 0 Å². The number of hydrogen-bond acceptors (Lipinski definition) is 3. The van der Waals surface area contributed by atoms with E-state index >= 15 is 0 Å². The maximum Gasteiger partial charge on any atom is 0.0489 e. The molecule has 15 heavy (non-hydrogen) atoms. The van der Waals surface area contributed by atoms with E-state index in [1.54, 1.807) is 0 Å². The highest BCUT2D eigenvalue weighted by Gasteiger charge is 2.14. The lowest BCUT2D eigenvalue weighted by Gasteiger charge is -2.09. The summed E-state index contributed by atoms with van der Waals surface area (Å²) in [6.45, 7) is 3.34. The number of hydrogen-bond donors (Lipinski definition) is 1. The number of rotatable bonds is 6. The lowest BCUT2D eigenvalue weighted by molar-refractivity contribution is 0.491. The summed E-state index contributed by atoms with van der Waals surface area (Å²) in [6, 6.07) is 1.98. The van der Waals surface area contributed by atoms with Crippen LogP contribution in [-0.4, -0.2) is 34.4 Å². The third kappa shape index (κ3) is 3.87. The second-order valence-corrected chi connectivity index (χ2v) is 5.21. The van der Waals surface area contributed by atoms with Crippen molar-refractivity contribution in [2.45, 2.75) is 19.4 Å². The number of thioether (sulfide) groups is 1. The van der Waals surface area contributed by atoms with Crippen molar-refractivity contribution >= 4 is 11.8 Å². The Morgan fingerprint density at radius 2 is 2.53 bits per heavy atom. The summed E-state index contributed by atoms with van der Waals surface area (Å²) < 4.78 is 1.99. The fraction of sp³-hybridized carbons (Fsp3) is 0.727. The zero-order valence-corrected chi connectivity index (χ0v) is 9.88. The fourth-order valence-corrected chi connectivity index (χ4v) is 3.13. The van der Waals surface area contributed by atoms with E-state index in [0.717, 1.165) is 19.0 Å². The first-order valence-corrected chi connectivity index (χ1v) is 6.86. The predicted octanol–water partition coefficient (Wildman–Crippen LogP) is 1.62. The topological polar surface area (TPSA) is 29.9 Å². The Labute approximate surface area is 95.6 Å². The van der Waals surface area contributed by atoms with Crippen LogP contribution < -0.4 is 5.32 Å². The highest BCUT2D eigenvalue weighted by molar-refractivity contribution is 7.99. The number of nitrogens with one attached hydrogen (secondary N) is 1. The quantitative estimate of drug-likeness (QED) is 0.746. The molecule has 4 heteroatoms. The maximum absolute atomic E-state index is 4.18. The monoisotopic (exact) mass is 225 g/mol. The third-order valence-electron chi connectivity index (χ3n) is 2.76. The minimum atomic E-state index is 0.916. The van der Waals surface area contributed by atoms with Gasteiger partial charge in [0.1, 0.15) is 0 Å². The van der Waals surface area contributed by atoms with Gasteiger partial charge in [0.25, 0.3) is 0 Å². The summed E-state index contributed by atoms with van der Waals surface area (Å²) in [4.78, 5) is 0. The van der Waals surface area contributed by atoms with Crippen molar-refractivity contribution in [2.75, 3.05) is 24.6 Å². The van der Waals surface area contributed by atoms with Gasteiger partial charge in [0.05, 0.1) is 0 Å². The van der Waals surface area contributed by atoms with Gasteiger partial charge in [-0.25, -0.2) is 0 Å². The molecule has 0 aliphatic carbocycles. The minimum Gasteiger partial charge on any atom is -0.316 e. The van der Waals surface area contributed by atoms with Gasteiger partial charge in [-0.1, -0.05) is 0 Å². The highest BCUT2D eigenvalue weighted by Crippen LogP contribution is 2.22. The summed E-state index contributed by atoms with van der Waals surface area (Å²) in [5, 5.41) is 7.71. The van der Waals surface area contributed by atoms with E-state index in [1.165, 1.54) is 30.9 Å². The van der Waals surface area contributed by atoms with Gasteiger partial charge in [-0.2, -0.15) is 16.9 Å². The van der Waals surface area contributed by atoms with Crippen LogP contribution in [0, 0.1) is 5.92 Å². The number of nitrogens with zero attached hydrogens (tertiary/aromatic N) is 2. The molecule has 0 spiro atoms. The van der Waals surface area contributed by atoms with E-state index in [-0.39, 0.29) is 0 Å². The van der Waals surface area contributed by atoms with Crippen LogP contribution in [0.3, 0.4) is 0 Å². The maximum atomic E-state index is 4.18. The van der Waals surface area contributed by atoms with Crippen LogP contribution in [0.4, 0.5) is 0 Å². The number of aryl methyl sites for hydroxylation is 1. The molecule has 1 N–H and O–H groups in total. The smallest absolute Gasteiger partial charge is 0.0489 e. The summed E-state index contributed by atoms with van der Waals surface area (Å²) in [5.74, 6) is 3.63. The third-order valence-corrected chi connectivity index (χ3v) is 3.99. The molecule has 1 aromatic heterocycles. The highest BCUT2D eigenvalue weighted by atomic mass is 32.2. The van der Waals surface area contributed by atoms with Crippen molar-refractivity contribution in [3.05, 3.63) is 18.5 Å². The van der Waals surface area contributed by atoms with Crippen molar-refractivity contribution in [3.63, 3.8) is 0 Å². The number of aromatic nitrogens is 2. The second kappa shape index (κ2) is 6.18. The van der Waals surface area contributed by atoms with Crippen LogP contribution in [0.15, 0.2) is 18.5 Å². The Kier molecular flexibility index (Phi) is 4.54. The molecule has 2 heterocycles. The molecule has 1 saturated heterocycles. The normalized spacial score (nSPS) is 20.9. The lowest BCUT2D eigenvalue weighted by Crippen LogP contribution is -2.24. The molecule has 0 amide bonds. The van der Waals surface area contributed by atoms with E-state index in [2.05, 4.69) is 22.2 Å². The van der Waals surface area contributed by atoms with Crippen LogP contribution >= 0.6 is 11.8 Å². The first kappa shape index (κ1) is 11.0. The van der Waals surface area contributed by atoms with Gasteiger partial charge in [-0.3, -0.25) is 4.68 Å². The molecule has 0 saturated carbocycles. The Bertz CT molecular complexity index is 255. The van der Waals surface area contributed by atoms with Crippen LogP contribution in [0.25, 0.3) is 0 Å². The fourth-order valence-electron chi connectivity index (χ4n) is 1.85. The molecule has 1 fully saturated rings. The van der Waals surface area contributed by atoms with Gasteiger partial charge in [0.15, 0.2) is 0 Å². The van der Waals surface area contributed by atoms with Crippen molar-refractivity contribution in [1.29, 1.82) is 0 Å². The zero-order valence-electron chi connectivity index (χ0n) is 9.06. The van der Waals surface area contributed by atoms with Crippen molar-refractivity contribution in [3.8, 4) is 0 Å². The van der Waals surface area contributed by atoms with Crippen LogP contribution in [0.2, 0.25) is 0 Å². The molecule has 2 rings (SSSR count). The molecule has 3 nitrogen and oxygen atoms in total. The Morgan fingerprint density at radius 3 is 3.27 bits per heavy atom. The molecule has 0 aromatic carbocycles. The molecular formula is C11H19N3S. The van der Waals surface area contributed by atoms with E-state index in [4.69, 9.17) is 0 Å². The largest absolute Gasteiger partial charge is 0.316 e. The van der Waals surface area contributed by atoms with E-state index < -0.39 is 0 Å². The van der Waals surface area contributed by atoms with Gasteiger partial charge < -0.3 is 5.32 Å². The zero-order chi connectivity index (χ0) is 10.3. The molecule has 1 aliphatic heterocycles. The first-order valence-electron chi connectivity index (χ1n) is 5.71. The standard InChI is InChI=1S/C11H19N3S/c1(6-14-7-2-5-13-14)4-12-9-11-3-8-15-10-11/h2,5,7,11-12H,1,3-4,6,8-10H2. The molecule has 1 atom stereocenters. The van der Waals surface area contributed by atoms with Gasteiger partial charge in [-0.05, 0) is 49.4 Å². The van der Waals surface area contributed by atoms with Crippen LogP contribution in [0.1, 0.15) is 12.8 Å². The van der Waals surface area contributed by atoms with Gasteiger partial charge in [0.2, 0.25) is 0 Å². The average Bonchev–Trinajstić information content (AvgIpc) is 2.88. The summed E-state index contributed by atoms with van der Waals surface area (Å²) >= 11 is 2.09. The van der Waals surface area contributed by atoms with Crippen LogP contribution in [-0.2, 0) is 6.54 Å². The Hall–Kier alpha value is -0.480. The Morgan fingerprint density at radius 1 is 1.53 bits per heavy atom. The molecule has 1 aliphatic rings. The Balaban J connectivity index is 1.48. The van der Waals surface area contributed by atoms with E-state index in [1.807, 2.05) is 23.1 Å². The van der Waals surface area contributed by atoms with Gasteiger partial charge in [0, 0.05) is 18.9 Å². The molecule has 1 unspecified atom stereocenters. The van der Waals surface area contributed by atoms with Crippen molar-refractivity contribution < 1.29 is 0 Å². The summed E-state index contributed by atoms with van der Waals surface area (Å²) in [7, 11) is 0. The second-order valence-electron chi connectivity index (χ2n) is 4.06. The lowest BCUT2D eigenvalue weighted by atomic mass is 10.1. The van der Waals surface area contributed by atoms with Crippen LogP contribution in [0.5, 0.6) is 0 Å². The summed E-state index contributed by atoms with van der Waals surface area (Å²) in [6.07, 6.45) is 6.43. The van der Waals surface area contributed by atoms with Gasteiger partial charge >= 0.3 is 0 Å². The molecule has 84 valence electrons.